The number of nitrogens with zero attached hydrogens (tertiary/aromatic N) is 1. The number of fused-ring (bicyclic) bond motifs is 3. The highest BCUT2D eigenvalue weighted by atomic mass is 19.4. The molecule has 1 aromatic rings. The Hall–Kier alpha value is -1.76. The van der Waals surface area contributed by atoms with Gasteiger partial charge in [0.05, 0.1) is 0 Å². The summed E-state index contributed by atoms with van der Waals surface area (Å²) in [6.45, 7) is 2.18. The van der Waals surface area contributed by atoms with Gasteiger partial charge in [-0.3, -0.25) is 0 Å². The van der Waals surface area contributed by atoms with Gasteiger partial charge in [0.1, 0.15) is 0 Å². The molecule has 4 nitrogen and oxygen atoms in total. The van der Waals surface area contributed by atoms with Crippen LogP contribution in [0.25, 0.3) is 12.2 Å². The third kappa shape index (κ3) is 3.29. The maximum atomic E-state index is 10.6. The number of hydrogen-bond acceptors (Lipinski definition) is 2. The van der Waals surface area contributed by atoms with Gasteiger partial charge in [0.2, 0.25) is 0 Å². The first-order valence-corrected chi connectivity index (χ1v) is 6.70. The van der Waals surface area contributed by atoms with E-state index in [2.05, 4.69) is 29.1 Å². The molecule has 0 atom stereocenters. The van der Waals surface area contributed by atoms with Gasteiger partial charge in [-0.05, 0) is 36.6 Å². The van der Waals surface area contributed by atoms with Crippen LogP contribution >= 0.6 is 0 Å². The second-order valence-electron chi connectivity index (χ2n) is 5.00. The first-order valence-electron chi connectivity index (χ1n) is 6.70. The predicted octanol–water partition coefficient (Wildman–Crippen LogP) is 0.659. The Morgan fingerprint density at radius 2 is 1.95 bits per heavy atom. The highest BCUT2D eigenvalue weighted by Gasteiger charge is 2.38. The molecule has 2 heterocycles. The van der Waals surface area contributed by atoms with E-state index in [1.807, 2.05) is 0 Å². The molecule has 2 aliphatic rings. The molecule has 1 aliphatic heterocycles. The molecule has 0 saturated heterocycles. The molecule has 0 amide bonds. The zero-order valence-corrected chi connectivity index (χ0v) is 11.6. The summed E-state index contributed by atoms with van der Waals surface area (Å²) in [4.78, 5) is 8.90. The number of halogens is 3. The number of carboxylic acid groups (broad SMARTS) is 1. The van der Waals surface area contributed by atoms with Crippen LogP contribution in [-0.2, 0) is 24.8 Å². The Bertz CT molecular complexity index is 659. The Morgan fingerprint density at radius 1 is 1.33 bits per heavy atom. The second kappa shape index (κ2) is 5.93. The summed E-state index contributed by atoms with van der Waals surface area (Å²) in [5.41, 5.74) is 3.09. The topological polar surface area (TPSA) is 54.3 Å². The van der Waals surface area contributed by atoms with E-state index >= 15 is 0 Å². The number of rotatable bonds is 0. The molecule has 1 aliphatic carbocycles. The quantitative estimate of drug-likeness (QED) is 0.740. The van der Waals surface area contributed by atoms with Crippen molar-refractivity contribution >= 4 is 18.1 Å². The van der Waals surface area contributed by atoms with Crippen LogP contribution in [0.15, 0.2) is 0 Å². The lowest BCUT2D eigenvalue weighted by Gasteiger charge is -2.14. The Morgan fingerprint density at radius 3 is 2.57 bits per heavy atom. The molecule has 116 valence electrons. The molecule has 0 spiro atoms. The lowest BCUT2D eigenvalue weighted by molar-refractivity contribution is -0.192. The predicted molar refractivity (Wildman–Crippen MR) is 71.9 cm³/mol. The van der Waals surface area contributed by atoms with Crippen LogP contribution in [0.1, 0.15) is 24.1 Å². The molecule has 0 unspecified atom stereocenters. The summed E-state index contributed by atoms with van der Waals surface area (Å²) in [6, 6.07) is 0. The number of hydrogen-bond donors (Lipinski definition) is 2. The Balaban J connectivity index is 0.000000199. The van der Waals surface area contributed by atoms with Gasteiger partial charge in [-0.15, -0.1) is 0 Å². The van der Waals surface area contributed by atoms with Crippen LogP contribution in [0.5, 0.6) is 0 Å². The third-order valence-corrected chi connectivity index (χ3v) is 3.66. The number of alkyl halides is 3. The van der Waals surface area contributed by atoms with Crippen LogP contribution in [0.3, 0.4) is 0 Å². The molecular weight excluding hydrogens is 285 g/mol. The summed E-state index contributed by atoms with van der Waals surface area (Å²) in [5, 5.41) is 13.5. The normalized spacial score (nSPS) is 16.6. The highest BCUT2D eigenvalue weighted by molar-refractivity contribution is 5.73. The number of aromatic nitrogens is 1. The van der Waals surface area contributed by atoms with Crippen LogP contribution < -0.4 is 15.9 Å². The summed E-state index contributed by atoms with van der Waals surface area (Å²) < 4.78 is 34.1. The maximum Gasteiger partial charge on any atom is 0.490 e. The first-order chi connectivity index (χ1) is 9.82. The molecular formula is C14H17F3N2O2. The fourth-order valence-electron chi connectivity index (χ4n) is 2.69. The molecule has 0 aromatic carbocycles. The molecule has 3 rings (SSSR count). The SMILES string of the molecule is Cn1c2c(c3c1=CCCC=3)CCNC2.O=C(O)C(F)(F)F. The summed E-state index contributed by atoms with van der Waals surface area (Å²) >= 11 is 0. The standard InChI is InChI=1S/C12H16N2.C2HF3O2/c1-14-11-5-3-2-4-9(11)10-6-7-13-8-12(10)14;3-2(4,5)1(6)7/h4-5,13H,2-3,6-8H2,1H3;(H,6,7). The van der Waals surface area contributed by atoms with Gasteiger partial charge in [-0.25, -0.2) is 4.79 Å². The Labute approximate surface area is 119 Å². The number of aliphatic carboxylic acids is 1. The van der Waals surface area contributed by atoms with Crippen molar-refractivity contribution in [2.45, 2.75) is 32.0 Å². The lowest BCUT2D eigenvalue weighted by atomic mass is 10.0. The van der Waals surface area contributed by atoms with E-state index in [4.69, 9.17) is 9.90 Å². The zero-order valence-electron chi connectivity index (χ0n) is 11.6. The van der Waals surface area contributed by atoms with E-state index in [0.717, 1.165) is 13.1 Å². The fraction of sp³-hybridized carbons (Fsp3) is 0.500. The van der Waals surface area contributed by atoms with Crippen molar-refractivity contribution in [2.24, 2.45) is 7.05 Å². The molecule has 0 fully saturated rings. The minimum Gasteiger partial charge on any atom is -0.475 e. The smallest absolute Gasteiger partial charge is 0.475 e. The van der Waals surface area contributed by atoms with E-state index in [1.165, 1.54) is 35.5 Å². The van der Waals surface area contributed by atoms with Crippen LogP contribution in [0.2, 0.25) is 0 Å². The van der Waals surface area contributed by atoms with E-state index < -0.39 is 12.1 Å². The van der Waals surface area contributed by atoms with Gasteiger partial charge in [-0.1, -0.05) is 12.2 Å². The van der Waals surface area contributed by atoms with Crippen molar-refractivity contribution in [2.75, 3.05) is 6.54 Å². The van der Waals surface area contributed by atoms with Crippen molar-refractivity contribution < 1.29 is 23.1 Å². The number of nitrogens with one attached hydrogen (secondary N) is 1. The van der Waals surface area contributed by atoms with Crippen molar-refractivity contribution in [3.05, 3.63) is 21.8 Å². The third-order valence-electron chi connectivity index (χ3n) is 3.66. The number of carbonyl (C=O) groups is 1. The summed E-state index contributed by atoms with van der Waals surface area (Å²) in [7, 11) is 2.19. The molecule has 0 saturated carbocycles. The maximum absolute atomic E-state index is 10.6. The lowest BCUT2D eigenvalue weighted by Crippen LogP contribution is -2.31. The monoisotopic (exact) mass is 302 g/mol. The van der Waals surface area contributed by atoms with Gasteiger partial charge in [0.25, 0.3) is 0 Å². The second-order valence-corrected chi connectivity index (χ2v) is 5.00. The molecule has 0 radical (unpaired) electrons. The minimum absolute atomic E-state index is 1.04. The fourth-order valence-corrected chi connectivity index (χ4v) is 2.69. The van der Waals surface area contributed by atoms with E-state index in [9.17, 15) is 13.2 Å². The summed E-state index contributed by atoms with van der Waals surface area (Å²) in [5.74, 6) is -2.76. The largest absolute Gasteiger partial charge is 0.490 e. The van der Waals surface area contributed by atoms with Gasteiger partial charge < -0.3 is 15.0 Å². The Kier molecular flexibility index (Phi) is 4.41. The molecule has 2 N–H and O–H groups in total. The van der Waals surface area contributed by atoms with Crippen molar-refractivity contribution in [3.63, 3.8) is 0 Å². The van der Waals surface area contributed by atoms with E-state index in [1.54, 1.807) is 5.56 Å². The number of carboxylic acids is 1. The van der Waals surface area contributed by atoms with Gasteiger partial charge in [0.15, 0.2) is 0 Å². The molecule has 7 heteroatoms. The minimum atomic E-state index is -5.08. The van der Waals surface area contributed by atoms with Gasteiger partial charge in [0, 0.05) is 24.6 Å². The summed E-state index contributed by atoms with van der Waals surface area (Å²) in [6.07, 6.45) is 3.34. The van der Waals surface area contributed by atoms with E-state index in [-0.39, 0.29) is 0 Å². The molecule has 1 aromatic heterocycles. The van der Waals surface area contributed by atoms with Crippen LogP contribution in [-0.4, -0.2) is 28.4 Å². The zero-order chi connectivity index (χ0) is 15.6. The molecule has 21 heavy (non-hydrogen) atoms. The van der Waals surface area contributed by atoms with Crippen molar-refractivity contribution in [1.29, 1.82) is 0 Å². The van der Waals surface area contributed by atoms with Crippen LogP contribution in [0, 0.1) is 0 Å². The average molecular weight is 302 g/mol. The van der Waals surface area contributed by atoms with Gasteiger partial charge in [-0.2, -0.15) is 13.2 Å². The average Bonchev–Trinajstić information content (AvgIpc) is 2.73. The first kappa shape index (κ1) is 15.6. The van der Waals surface area contributed by atoms with Crippen molar-refractivity contribution in [1.82, 2.24) is 9.88 Å². The molecule has 0 bridgehead atoms. The van der Waals surface area contributed by atoms with Crippen molar-refractivity contribution in [3.8, 4) is 0 Å². The van der Waals surface area contributed by atoms with Crippen LogP contribution in [0.4, 0.5) is 13.2 Å². The van der Waals surface area contributed by atoms with E-state index in [0.29, 0.717) is 0 Å². The van der Waals surface area contributed by atoms with Gasteiger partial charge >= 0.3 is 12.1 Å². The highest BCUT2D eigenvalue weighted by Crippen LogP contribution is 2.13.